The number of methoxy groups -OCH3 is 1. The standard InChI is InChI=1S/C5H10O.C4H8O2.C3H8/c1-3-5(6)4-2;1-3-4(5)6-2;1-3-2/h3-4H2,1-2H3;3H2,1-2H3;3H2,1-2H3. The summed E-state index contributed by atoms with van der Waals surface area (Å²) in [5, 5.41) is 0. The number of carbonyl (C=O) groups is 2. The third-order valence-corrected chi connectivity index (χ3v) is 1.31. The highest BCUT2D eigenvalue weighted by Crippen LogP contribution is 1.83. The Morgan fingerprint density at radius 3 is 1.20 bits per heavy atom. The Labute approximate surface area is 94.2 Å². The normalized spacial score (nSPS) is 7.60. The predicted octanol–water partition coefficient (Wildman–Crippen LogP) is 3.36. The van der Waals surface area contributed by atoms with Gasteiger partial charge in [0.15, 0.2) is 0 Å². The molecule has 0 saturated carbocycles. The van der Waals surface area contributed by atoms with E-state index in [4.69, 9.17) is 0 Å². The third-order valence-electron chi connectivity index (χ3n) is 1.31. The maximum atomic E-state index is 10.2. The van der Waals surface area contributed by atoms with Gasteiger partial charge in [-0.3, -0.25) is 9.59 Å². The number of carbonyl (C=O) groups excluding carboxylic acids is 2. The third kappa shape index (κ3) is 32.0. The van der Waals surface area contributed by atoms with Crippen LogP contribution in [-0.4, -0.2) is 18.9 Å². The van der Waals surface area contributed by atoms with Gasteiger partial charge in [-0.05, 0) is 0 Å². The van der Waals surface area contributed by atoms with Crippen molar-refractivity contribution in [3.63, 3.8) is 0 Å². The first-order valence-corrected chi connectivity index (χ1v) is 5.62. The summed E-state index contributed by atoms with van der Waals surface area (Å²) in [6.07, 6.45) is 3.10. The molecule has 0 aliphatic heterocycles. The van der Waals surface area contributed by atoms with Crippen molar-refractivity contribution in [1.29, 1.82) is 0 Å². The Morgan fingerprint density at radius 2 is 1.20 bits per heavy atom. The number of hydrogen-bond donors (Lipinski definition) is 0. The lowest BCUT2D eigenvalue weighted by atomic mass is 10.3. The highest BCUT2D eigenvalue weighted by Gasteiger charge is 1.87. The first kappa shape index (κ1) is 19.7. The molecule has 0 rings (SSSR count). The van der Waals surface area contributed by atoms with E-state index in [-0.39, 0.29) is 5.97 Å². The molecule has 3 nitrogen and oxygen atoms in total. The van der Waals surface area contributed by atoms with Gasteiger partial charge in [-0.1, -0.05) is 41.0 Å². The second-order valence-electron chi connectivity index (χ2n) is 2.88. The van der Waals surface area contributed by atoms with Gasteiger partial charge in [-0.15, -0.1) is 0 Å². The predicted molar refractivity (Wildman–Crippen MR) is 63.9 cm³/mol. The van der Waals surface area contributed by atoms with Gasteiger partial charge >= 0.3 is 5.97 Å². The smallest absolute Gasteiger partial charge is 0.305 e. The highest BCUT2D eigenvalue weighted by molar-refractivity contribution is 5.77. The molecule has 15 heavy (non-hydrogen) atoms. The van der Waals surface area contributed by atoms with Crippen LogP contribution in [0.3, 0.4) is 0 Å². The van der Waals surface area contributed by atoms with Crippen molar-refractivity contribution in [2.75, 3.05) is 7.11 Å². The van der Waals surface area contributed by atoms with E-state index < -0.39 is 0 Å². The fourth-order valence-electron chi connectivity index (χ4n) is 0.394. The number of Topliss-reactive ketones (excluding diaryl/α,β-unsaturated/α-hetero) is 1. The highest BCUT2D eigenvalue weighted by atomic mass is 16.5. The van der Waals surface area contributed by atoms with Gasteiger partial charge < -0.3 is 4.74 Å². The molecule has 0 saturated heterocycles. The quantitative estimate of drug-likeness (QED) is 0.682. The van der Waals surface area contributed by atoms with Crippen molar-refractivity contribution < 1.29 is 14.3 Å². The van der Waals surface area contributed by atoms with E-state index in [2.05, 4.69) is 18.6 Å². The lowest BCUT2D eigenvalue weighted by Gasteiger charge is -1.87. The molecule has 0 radical (unpaired) electrons. The van der Waals surface area contributed by atoms with Crippen LogP contribution >= 0.6 is 0 Å². The zero-order chi connectivity index (χ0) is 12.7. The number of hydrogen-bond acceptors (Lipinski definition) is 3. The van der Waals surface area contributed by atoms with E-state index in [1.807, 2.05) is 13.8 Å². The summed E-state index contributed by atoms with van der Waals surface area (Å²) in [5.41, 5.74) is 0. The van der Waals surface area contributed by atoms with E-state index in [0.717, 1.165) is 0 Å². The molecule has 0 amide bonds. The van der Waals surface area contributed by atoms with Gasteiger partial charge in [0.2, 0.25) is 0 Å². The molecule has 0 unspecified atom stereocenters. The fraction of sp³-hybridized carbons (Fsp3) is 0.833. The average molecular weight is 218 g/mol. The molecule has 0 aliphatic carbocycles. The number of ketones is 1. The maximum Gasteiger partial charge on any atom is 0.305 e. The molecule has 0 aromatic carbocycles. The minimum atomic E-state index is -0.157. The zero-order valence-electron chi connectivity index (χ0n) is 11.1. The summed E-state index contributed by atoms with van der Waals surface area (Å²) in [4.78, 5) is 20.1. The fourth-order valence-corrected chi connectivity index (χ4v) is 0.394. The van der Waals surface area contributed by atoms with Gasteiger partial charge in [0.05, 0.1) is 7.11 Å². The molecule has 0 aliphatic rings. The van der Waals surface area contributed by atoms with Crippen molar-refractivity contribution >= 4 is 11.8 Å². The molecule has 0 bridgehead atoms. The van der Waals surface area contributed by atoms with Crippen molar-refractivity contribution in [1.82, 2.24) is 0 Å². The first-order chi connectivity index (χ1) is 7.03. The largest absolute Gasteiger partial charge is 0.469 e. The van der Waals surface area contributed by atoms with Gasteiger partial charge in [0.1, 0.15) is 5.78 Å². The average Bonchev–Trinajstić information content (AvgIpc) is 2.28. The molecule has 3 heteroatoms. The van der Waals surface area contributed by atoms with Gasteiger partial charge in [-0.25, -0.2) is 0 Å². The van der Waals surface area contributed by atoms with Crippen molar-refractivity contribution in [3.8, 4) is 0 Å². The Kier molecular flexibility index (Phi) is 24.7. The minimum Gasteiger partial charge on any atom is -0.469 e. The summed E-state index contributed by atoms with van der Waals surface area (Å²) in [6.45, 7) is 9.77. The van der Waals surface area contributed by atoms with Crippen LogP contribution in [0.1, 0.15) is 60.3 Å². The molecule has 0 atom stereocenters. The summed E-state index contributed by atoms with van der Waals surface area (Å²) in [7, 11) is 1.38. The first-order valence-electron chi connectivity index (χ1n) is 5.62. The monoisotopic (exact) mass is 218 g/mol. The molecule has 0 aromatic rings. The van der Waals surface area contributed by atoms with E-state index in [0.29, 0.717) is 25.0 Å². The molecule has 0 aromatic heterocycles. The van der Waals surface area contributed by atoms with Gasteiger partial charge in [0, 0.05) is 19.3 Å². The second-order valence-corrected chi connectivity index (χ2v) is 2.88. The SMILES string of the molecule is CCC.CCC(=O)CC.CCC(=O)OC. The van der Waals surface area contributed by atoms with Crippen molar-refractivity contribution in [3.05, 3.63) is 0 Å². The maximum absolute atomic E-state index is 10.2. The van der Waals surface area contributed by atoms with Crippen LogP contribution in [0.4, 0.5) is 0 Å². The Bertz CT molecular complexity index is 114. The van der Waals surface area contributed by atoms with Crippen LogP contribution in [0.25, 0.3) is 0 Å². The van der Waals surface area contributed by atoms with Crippen molar-refractivity contribution in [2.24, 2.45) is 0 Å². The molecule has 0 N–H and O–H groups in total. The minimum absolute atomic E-state index is 0.157. The van der Waals surface area contributed by atoms with Crippen molar-refractivity contribution in [2.45, 2.75) is 60.3 Å². The topological polar surface area (TPSA) is 43.4 Å². The second kappa shape index (κ2) is 18.8. The number of rotatable bonds is 3. The lowest BCUT2D eigenvalue weighted by Crippen LogP contribution is -1.94. The zero-order valence-corrected chi connectivity index (χ0v) is 11.1. The van der Waals surface area contributed by atoms with Crippen LogP contribution in [0.5, 0.6) is 0 Å². The van der Waals surface area contributed by atoms with Crippen LogP contribution in [-0.2, 0) is 14.3 Å². The summed E-state index contributed by atoms with van der Waals surface area (Å²) >= 11 is 0. The molecule has 0 fully saturated rings. The molecular formula is C12H26O3. The molecular weight excluding hydrogens is 192 g/mol. The lowest BCUT2D eigenvalue weighted by molar-refractivity contribution is -0.140. The summed E-state index contributed by atoms with van der Waals surface area (Å²) in [5.74, 6) is 0.185. The van der Waals surface area contributed by atoms with Crippen LogP contribution < -0.4 is 0 Å². The number of ether oxygens (including phenoxy) is 1. The van der Waals surface area contributed by atoms with E-state index in [1.54, 1.807) is 6.92 Å². The molecule has 0 heterocycles. The van der Waals surface area contributed by atoms with Crippen LogP contribution in [0, 0.1) is 0 Å². The van der Waals surface area contributed by atoms with E-state index >= 15 is 0 Å². The van der Waals surface area contributed by atoms with Crippen LogP contribution in [0.2, 0.25) is 0 Å². The summed E-state index contributed by atoms with van der Waals surface area (Å²) in [6, 6.07) is 0. The van der Waals surface area contributed by atoms with Crippen LogP contribution in [0.15, 0.2) is 0 Å². The molecule has 92 valence electrons. The Morgan fingerprint density at radius 1 is 0.867 bits per heavy atom. The summed E-state index contributed by atoms with van der Waals surface area (Å²) < 4.78 is 4.26. The molecule has 0 spiro atoms. The Balaban J connectivity index is -0.000000153. The Hall–Kier alpha value is -0.860. The number of esters is 1. The van der Waals surface area contributed by atoms with Gasteiger partial charge in [0.25, 0.3) is 0 Å². The van der Waals surface area contributed by atoms with E-state index in [1.165, 1.54) is 13.5 Å². The van der Waals surface area contributed by atoms with Gasteiger partial charge in [-0.2, -0.15) is 0 Å². The van der Waals surface area contributed by atoms with E-state index in [9.17, 15) is 9.59 Å².